The van der Waals surface area contributed by atoms with E-state index in [1.807, 2.05) is 54.1 Å². The van der Waals surface area contributed by atoms with Crippen LogP contribution in [0.3, 0.4) is 0 Å². The molecule has 0 aliphatic rings. The highest BCUT2D eigenvalue weighted by Crippen LogP contribution is 2.23. The number of rotatable bonds is 6. The molecule has 3 rings (SSSR count). The molecular weight excluding hydrogens is 350 g/mol. The summed E-state index contributed by atoms with van der Waals surface area (Å²) in [5.41, 5.74) is 2.91. The average Bonchev–Trinajstić information content (AvgIpc) is 3.11. The second kappa shape index (κ2) is 8.69. The number of hydrogen-bond acceptors (Lipinski definition) is 4. The molecule has 0 saturated heterocycles. The van der Waals surface area contributed by atoms with Crippen molar-refractivity contribution in [1.82, 2.24) is 10.3 Å². The molecule has 0 aliphatic heterocycles. The summed E-state index contributed by atoms with van der Waals surface area (Å²) in [6.07, 6.45) is 2.72. The van der Waals surface area contributed by atoms with Crippen LogP contribution in [0, 0.1) is 0 Å². The number of amides is 2. The highest BCUT2D eigenvalue weighted by molar-refractivity contribution is 7.98. The lowest BCUT2D eigenvalue weighted by atomic mass is 10.2. The minimum absolute atomic E-state index is 0.197. The van der Waals surface area contributed by atoms with Crippen LogP contribution in [0.5, 0.6) is 0 Å². The first kappa shape index (κ1) is 17.5. The first-order chi connectivity index (χ1) is 12.2. The molecule has 0 spiro atoms. The van der Waals surface area contributed by atoms with E-state index in [4.69, 9.17) is 0 Å². The number of nitrogens with one attached hydrogen (secondary N) is 2. The maximum Gasteiger partial charge on any atom is 0.319 e. The van der Waals surface area contributed by atoms with Crippen molar-refractivity contribution in [2.45, 2.75) is 11.3 Å². The molecule has 2 amide bonds. The van der Waals surface area contributed by atoms with Crippen LogP contribution in [-0.2, 0) is 6.42 Å². The molecule has 0 aliphatic carbocycles. The third-order valence-corrected chi connectivity index (χ3v) is 5.23. The third kappa shape index (κ3) is 5.08. The standard InChI is InChI=1S/C19H19N3OS2/c1-24-17-9-5-8-15(12-17)22-19(23)20-11-10-16-13-25-18(21-16)14-6-3-2-4-7-14/h2-9,12-13H,10-11H2,1H3,(H2,20,22,23). The van der Waals surface area contributed by atoms with Crippen LogP contribution in [0.2, 0.25) is 0 Å². The van der Waals surface area contributed by atoms with E-state index in [1.54, 1.807) is 23.1 Å². The number of carbonyl (C=O) groups excluding carboxylic acids is 1. The Morgan fingerprint density at radius 2 is 2.00 bits per heavy atom. The minimum atomic E-state index is -0.197. The van der Waals surface area contributed by atoms with Crippen molar-refractivity contribution in [3.8, 4) is 10.6 Å². The molecule has 0 unspecified atom stereocenters. The fourth-order valence-corrected chi connectivity index (χ4v) is 3.64. The summed E-state index contributed by atoms with van der Waals surface area (Å²) in [4.78, 5) is 17.7. The second-order valence-electron chi connectivity index (χ2n) is 5.37. The van der Waals surface area contributed by atoms with Gasteiger partial charge in [0.15, 0.2) is 0 Å². The predicted octanol–water partition coefficient (Wildman–Crippen LogP) is 4.90. The Morgan fingerprint density at radius 1 is 1.16 bits per heavy atom. The molecule has 1 heterocycles. The number of urea groups is 1. The molecule has 0 radical (unpaired) electrons. The number of nitrogens with zero attached hydrogens (tertiary/aromatic N) is 1. The monoisotopic (exact) mass is 369 g/mol. The van der Waals surface area contributed by atoms with Crippen molar-refractivity contribution in [1.29, 1.82) is 0 Å². The molecule has 25 heavy (non-hydrogen) atoms. The van der Waals surface area contributed by atoms with Crippen molar-refractivity contribution in [2.24, 2.45) is 0 Å². The quantitative estimate of drug-likeness (QED) is 0.608. The van der Waals surface area contributed by atoms with Gasteiger partial charge in [0.25, 0.3) is 0 Å². The molecular formula is C19H19N3OS2. The van der Waals surface area contributed by atoms with Gasteiger partial charge in [0.2, 0.25) is 0 Å². The van der Waals surface area contributed by atoms with E-state index in [0.29, 0.717) is 13.0 Å². The van der Waals surface area contributed by atoms with Gasteiger partial charge in [-0.15, -0.1) is 23.1 Å². The smallest absolute Gasteiger partial charge is 0.319 e. The van der Waals surface area contributed by atoms with Crippen LogP contribution in [0.1, 0.15) is 5.69 Å². The van der Waals surface area contributed by atoms with Crippen LogP contribution in [0.25, 0.3) is 10.6 Å². The molecule has 3 aromatic rings. The van der Waals surface area contributed by atoms with E-state index in [2.05, 4.69) is 27.8 Å². The van der Waals surface area contributed by atoms with E-state index < -0.39 is 0 Å². The van der Waals surface area contributed by atoms with Gasteiger partial charge in [-0.2, -0.15) is 0 Å². The fraction of sp³-hybridized carbons (Fsp3) is 0.158. The lowest BCUT2D eigenvalue weighted by Crippen LogP contribution is -2.30. The molecule has 2 aromatic carbocycles. The third-order valence-electron chi connectivity index (χ3n) is 3.57. The molecule has 0 fully saturated rings. The summed E-state index contributed by atoms with van der Waals surface area (Å²) in [6.45, 7) is 0.548. The van der Waals surface area contributed by atoms with Crippen molar-refractivity contribution in [2.75, 3.05) is 18.1 Å². The molecule has 0 saturated carbocycles. The Hall–Kier alpha value is -2.31. The summed E-state index contributed by atoms with van der Waals surface area (Å²) in [6, 6.07) is 17.7. The normalized spacial score (nSPS) is 10.4. The van der Waals surface area contributed by atoms with E-state index in [1.165, 1.54) is 0 Å². The van der Waals surface area contributed by atoms with Crippen molar-refractivity contribution < 1.29 is 4.79 Å². The number of benzene rings is 2. The van der Waals surface area contributed by atoms with Crippen LogP contribution >= 0.6 is 23.1 Å². The number of thiazole rings is 1. The SMILES string of the molecule is CSc1cccc(NC(=O)NCCc2csc(-c3ccccc3)n2)c1. The van der Waals surface area contributed by atoms with Gasteiger partial charge in [-0.25, -0.2) is 9.78 Å². The summed E-state index contributed by atoms with van der Waals surface area (Å²) in [5, 5.41) is 8.78. The number of aromatic nitrogens is 1. The highest BCUT2D eigenvalue weighted by Gasteiger charge is 2.06. The van der Waals surface area contributed by atoms with Crippen LogP contribution in [-0.4, -0.2) is 23.8 Å². The van der Waals surface area contributed by atoms with Gasteiger partial charge >= 0.3 is 6.03 Å². The Morgan fingerprint density at radius 3 is 2.80 bits per heavy atom. The molecule has 4 nitrogen and oxygen atoms in total. The van der Waals surface area contributed by atoms with Gasteiger partial charge in [-0.3, -0.25) is 0 Å². The topological polar surface area (TPSA) is 54.0 Å². The molecule has 0 bridgehead atoms. The first-order valence-corrected chi connectivity index (χ1v) is 10.0. The zero-order valence-corrected chi connectivity index (χ0v) is 15.5. The van der Waals surface area contributed by atoms with Gasteiger partial charge in [-0.05, 0) is 24.5 Å². The van der Waals surface area contributed by atoms with E-state index >= 15 is 0 Å². The Bertz CT molecular complexity index is 833. The lowest BCUT2D eigenvalue weighted by molar-refractivity contribution is 0.252. The maximum absolute atomic E-state index is 12.0. The summed E-state index contributed by atoms with van der Waals surface area (Å²) in [5.74, 6) is 0. The molecule has 128 valence electrons. The Kier molecular flexibility index (Phi) is 6.09. The van der Waals surface area contributed by atoms with Gasteiger partial charge in [0, 0.05) is 34.5 Å². The van der Waals surface area contributed by atoms with Gasteiger partial charge in [0.1, 0.15) is 5.01 Å². The predicted molar refractivity (Wildman–Crippen MR) is 106 cm³/mol. The Labute approximate surface area is 155 Å². The minimum Gasteiger partial charge on any atom is -0.337 e. The number of thioether (sulfide) groups is 1. The largest absolute Gasteiger partial charge is 0.337 e. The molecule has 0 atom stereocenters. The number of carbonyl (C=O) groups is 1. The van der Waals surface area contributed by atoms with E-state index in [-0.39, 0.29) is 6.03 Å². The summed E-state index contributed by atoms with van der Waals surface area (Å²) < 4.78 is 0. The van der Waals surface area contributed by atoms with Crippen molar-refractivity contribution >= 4 is 34.8 Å². The summed E-state index contributed by atoms with van der Waals surface area (Å²) >= 11 is 3.27. The molecule has 1 aromatic heterocycles. The Balaban J connectivity index is 1.48. The molecule has 2 N–H and O–H groups in total. The average molecular weight is 370 g/mol. The number of hydrogen-bond donors (Lipinski definition) is 2. The van der Waals surface area contributed by atoms with E-state index in [0.717, 1.165) is 26.8 Å². The van der Waals surface area contributed by atoms with Crippen LogP contribution in [0.15, 0.2) is 64.9 Å². The molecule has 6 heteroatoms. The summed E-state index contributed by atoms with van der Waals surface area (Å²) in [7, 11) is 0. The van der Waals surface area contributed by atoms with Crippen LogP contribution in [0.4, 0.5) is 10.5 Å². The zero-order chi connectivity index (χ0) is 17.5. The van der Waals surface area contributed by atoms with Gasteiger partial charge < -0.3 is 10.6 Å². The fourth-order valence-electron chi connectivity index (χ4n) is 2.32. The highest BCUT2D eigenvalue weighted by atomic mass is 32.2. The first-order valence-electron chi connectivity index (χ1n) is 7.93. The number of anilines is 1. The maximum atomic E-state index is 12.0. The van der Waals surface area contributed by atoms with Crippen LogP contribution < -0.4 is 10.6 Å². The zero-order valence-electron chi connectivity index (χ0n) is 13.9. The lowest BCUT2D eigenvalue weighted by Gasteiger charge is -2.07. The van der Waals surface area contributed by atoms with Gasteiger partial charge in [0.05, 0.1) is 5.69 Å². The second-order valence-corrected chi connectivity index (χ2v) is 7.11. The van der Waals surface area contributed by atoms with Crippen molar-refractivity contribution in [3.63, 3.8) is 0 Å². The van der Waals surface area contributed by atoms with E-state index in [9.17, 15) is 4.79 Å². The van der Waals surface area contributed by atoms with Crippen molar-refractivity contribution in [3.05, 3.63) is 65.7 Å². The van der Waals surface area contributed by atoms with Gasteiger partial charge in [-0.1, -0.05) is 36.4 Å².